The molecule has 1 heterocycles. The molecule has 0 spiro atoms. The van der Waals surface area contributed by atoms with Crippen molar-refractivity contribution >= 4 is 17.1 Å². The van der Waals surface area contributed by atoms with Gasteiger partial charge in [0, 0.05) is 18.2 Å². The highest BCUT2D eigenvalue weighted by Gasteiger charge is 2.05. The van der Waals surface area contributed by atoms with Gasteiger partial charge in [0.2, 0.25) is 0 Å². The van der Waals surface area contributed by atoms with Crippen molar-refractivity contribution in [2.45, 2.75) is 19.8 Å². The Balaban J connectivity index is 2.06. The summed E-state index contributed by atoms with van der Waals surface area (Å²) in [5, 5.41) is 12.1. The fraction of sp³-hybridized carbons (Fsp3) is 0.231. The molecular weight excluding hydrogens is 234 g/mol. The number of phenols is 1. The van der Waals surface area contributed by atoms with Crippen LogP contribution in [0.5, 0.6) is 5.75 Å². The number of carbonyl (C=O) groups excluding carboxylic acids is 1. The molecule has 0 saturated carbocycles. The number of carbonyl (C=O) groups is 1. The second-order valence-corrected chi connectivity index (χ2v) is 4.90. The first-order valence-corrected chi connectivity index (χ1v) is 6.22. The van der Waals surface area contributed by atoms with Crippen molar-refractivity contribution in [1.29, 1.82) is 0 Å². The van der Waals surface area contributed by atoms with Crippen LogP contribution in [0.3, 0.4) is 0 Å². The Morgan fingerprint density at radius 1 is 1.35 bits per heavy atom. The van der Waals surface area contributed by atoms with Crippen LogP contribution in [0, 0.1) is 0 Å². The van der Waals surface area contributed by atoms with E-state index in [9.17, 15) is 9.90 Å². The van der Waals surface area contributed by atoms with Gasteiger partial charge in [-0.15, -0.1) is 11.3 Å². The lowest BCUT2D eigenvalue weighted by atomic mass is 10.1. The molecule has 0 aliphatic rings. The quantitative estimate of drug-likeness (QED) is 0.903. The standard InChI is InChI=1S/C13H13NO2S/c1-9(15)6-11-8-17-13(14-11)7-10-2-4-12(16)5-3-10/h2-5,8,16H,6-7H2,1H3. The lowest BCUT2D eigenvalue weighted by molar-refractivity contribution is -0.116. The van der Waals surface area contributed by atoms with Gasteiger partial charge in [-0.1, -0.05) is 12.1 Å². The van der Waals surface area contributed by atoms with E-state index in [0.29, 0.717) is 6.42 Å². The molecule has 0 atom stereocenters. The predicted molar refractivity (Wildman–Crippen MR) is 67.4 cm³/mol. The second-order valence-electron chi connectivity index (χ2n) is 3.95. The first kappa shape index (κ1) is 11.8. The molecule has 0 aliphatic carbocycles. The Hall–Kier alpha value is -1.68. The molecule has 1 aromatic heterocycles. The maximum atomic E-state index is 11.0. The third-order valence-corrected chi connectivity index (χ3v) is 3.22. The lowest BCUT2D eigenvalue weighted by Crippen LogP contribution is -1.97. The zero-order chi connectivity index (χ0) is 12.3. The maximum Gasteiger partial charge on any atom is 0.135 e. The van der Waals surface area contributed by atoms with E-state index in [1.165, 1.54) is 0 Å². The number of benzene rings is 1. The molecule has 88 valence electrons. The minimum atomic E-state index is 0.131. The summed E-state index contributed by atoms with van der Waals surface area (Å²) in [5.74, 6) is 0.400. The summed E-state index contributed by atoms with van der Waals surface area (Å²) in [6.07, 6.45) is 1.15. The zero-order valence-electron chi connectivity index (χ0n) is 9.51. The Morgan fingerprint density at radius 2 is 2.06 bits per heavy atom. The molecule has 3 nitrogen and oxygen atoms in total. The Kier molecular flexibility index (Phi) is 3.54. The number of hydrogen-bond acceptors (Lipinski definition) is 4. The summed E-state index contributed by atoms with van der Waals surface area (Å²) in [7, 11) is 0. The van der Waals surface area contributed by atoms with Crippen molar-refractivity contribution in [3.63, 3.8) is 0 Å². The van der Waals surface area contributed by atoms with E-state index in [2.05, 4.69) is 4.98 Å². The third kappa shape index (κ3) is 3.39. The highest BCUT2D eigenvalue weighted by molar-refractivity contribution is 7.09. The van der Waals surface area contributed by atoms with Gasteiger partial charge in [-0.25, -0.2) is 4.98 Å². The molecule has 1 aromatic carbocycles. The van der Waals surface area contributed by atoms with Crippen molar-refractivity contribution in [3.05, 3.63) is 45.9 Å². The lowest BCUT2D eigenvalue weighted by Gasteiger charge is -1.98. The summed E-state index contributed by atoms with van der Waals surface area (Å²) >= 11 is 1.56. The number of nitrogens with zero attached hydrogens (tertiary/aromatic N) is 1. The van der Waals surface area contributed by atoms with E-state index in [1.807, 2.05) is 17.5 Å². The Morgan fingerprint density at radius 3 is 2.71 bits per heavy atom. The van der Waals surface area contributed by atoms with Crippen LogP contribution in [-0.2, 0) is 17.6 Å². The second kappa shape index (κ2) is 5.10. The maximum absolute atomic E-state index is 11.0. The number of aromatic hydroxyl groups is 1. The molecule has 2 rings (SSSR count). The zero-order valence-corrected chi connectivity index (χ0v) is 10.3. The van der Waals surface area contributed by atoms with E-state index in [4.69, 9.17) is 0 Å². The third-order valence-electron chi connectivity index (χ3n) is 2.32. The Labute approximate surface area is 104 Å². The van der Waals surface area contributed by atoms with Gasteiger partial charge in [0.25, 0.3) is 0 Å². The molecule has 4 heteroatoms. The van der Waals surface area contributed by atoms with Crippen LogP contribution >= 0.6 is 11.3 Å². The molecule has 17 heavy (non-hydrogen) atoms. The van der Waals surface area contributed by atoms with Crippen LogP contribution in [0.25, 0.3) is 0 Å². The molecule has 0 amide bonds. The molecule has 0 aliphatic heterocycles. The van der Waals surface area contributed by atoms with Gasteiger partial charge < -0.3 is 5.11 Å². The normalized spacial score (nSPS) is 10.4. The van der Waals surface area contributed by atoms with Gasteiger partial charge in [0.15, 0.2) is 0 Å². The summed E-state index contributed by atoms with van der Waals surface area (Å²) < 4.78 is 0. The highest BCUT2D eigenvalue weighted by Crippen LogP contribution is 2.17. The monoisotopic (exact) mass is 247 g/mol. The first-order valence-electron chi connectivity index (χ1n) is 5.34. The fourth-order valence-electron chi connectivity index (χ4n) is 1.55. The van der Waals surface area contributed by atoms with Crippen LogP contribution < -0.4 is 0 Å². The summed E-state index contributed by atoms with van der Waals surface area (Å²) in [6.45, 7) is 1.57. The molecule has 0 fully saturated rings. The van der Waals surface area contributed by atoms with Crippen LogP contribution in [0.2, 0.25) is 0 Å². The largest absolute Gasteiger partial charge is 0.508 e. The average Bonchev–Trinajstić information content (AvgIpc) is 2.68. The molecule has 0 saturated heterocycles. The van der Waals surface area contributed by atoms with E-state index in [0.717, 1.165) is 22.7 Å². The van der Waals surface area contributed by atoms with E-state index in [-0.39, 0.29) is 11.5 Å². The Bertz CT molecular complexity index is 516. The van der Waals surface area contributed by atoms with Gasteiger partial charge >= 0.3 is 0 Å². The molecule has 0 bridgehead atoms. The van der Waals surface area contributed by atoms with E-state index in [1.54, 1.807) is 30.4 Å². The van der Waals surface area contributed by atoms with Gasteiger partial charge in [-0.3, -0.25) is 4.79 Å². The van der Waals surface area contributed by atoms with Crippen LogP contribution in [0.4, 0.5) is 0 Å². The molecule has 0 unspecified atom stereocenters. The van der Waals surface area contributed by atoms with Crippen molar-refractivity contribution in [2.75, 3.05) is 0 Å². The van der Waals surface area contributed by atoms with Gasteiger partial charge in [0.05, 0.1) is 10.7 Å². The van der Waals surface area contributed by atoms with Crippen molar-refractivity contribution in [2.24, 2.45) is 0 Å². The topological polar surface area (TPSA) is 50.2 Å². The molecule has 1 N–H and O–H groups in total. The number of rotatable bonds is 4. The van der Waals surface area contributed by atoms with Gasteiger partial charge in [-0.05, 0) is 24.6 Å². The van der Waals surface area contributed by atoms with Crippen molar-refractivity contribution < 1.29 is 9.90 Å². The fourth-order valence-corrected chi connectivity index (χ4v) is 2.38. The highest BCUT2D eigenvalue weighted by atomic mass is 32.1. The summed E-state index contributed by atoms with van der Waals surface area (Å²) in [5.41, 5.74) is 1.95. The summed E-state index contributed by atoms with van der Waals surface area (Å²) in [4.78, 5) is 15.4. The average molecular weight is 247 g/mol. The smallest absolute Gasteiger partial charge is 0.135 e. The van der Waals surface area contributed by atoms with Crippen LogP contribution in [0.15, 0.2) is 29.6 Å². The van der Waals surface area contributed by atoms with E-state index < -0.39 is 0 Å². The molecular formula is C13H13NO2S. The SMILES string of the molecule is CC(=O)Cc1csc(Cc2ccc(O)cc2)n1. The van der Waals surface area contributed by atoms with E-state index >= 15 is 0 Å². The number of phenolic OH excluding ortho intramolecular Hbond substituents is 1. The first-order chi connectivity index (χ1) is 8.13. The van der Waals surface area contributed by atoms with Crippen LogP contribution in [0.1, 0.15) is 23.2 Å². The van der Waals surface area contributed by atoms with Crippen molar-refractivity contribution in [3.8, 4) is 5.75 Å². The number of Topliss-reactive ketones (excluding diaryl/α,β-unsaturated/α-hetero) is 1. The minimum Gasteiger partial charge on any atom is -0.508 e. The van der Waals surface area contributed by atoms with Gasteiger partial charge in [0.1, 0.15) is 11.5 Å². The molecule has 2 aromatic rings. The van der Waals surface area contributed by atoms with Crippen molar-refractivity contribution in [1.82, 2.24) is 4.98 Å². The number of thiazole rings is 1. The van der Waals surface area contributed by atoms with Gasteiger partial charge in [-0.2, -0.15) is 0 Å². The van der Waals surface area contributed by atoms with Crippen LogP contribution in [-0.4, -0.2) is 15.9 Å². The number of ketones is 1. The number of hydrogen-bond donors (Lipinski definition) is 1. The minimum absolute atomic E-state index is 0.131. The summed E-state index contributed by atoms with van der Waals surface area (Å²) in [6, 6.07) is 7.08. The molecule has 0 radical (unpaired) electrons. The number of aromatic nitrogens is 1. The predicted octanol–water partition coefficient (Wildman–Crippen LogP) is 2.57.